The summed E-state index contributed by atoms with van der Waals surface area (Å²) in [5.41, 5.74) is -0.606. The fourth-order valence-electron chi connectivity index (χ4n) is 1.31. The normalized spacial score (nSPS) is 10.8. The van der Waals surface area contributed by atoms with E-state index in [0.717, 1.165) is 0 Å². The minimum atomic E-state index is -0.890. The molecule has 0 aliphatic carbocycles. The molecule has 0 spiro atoms. The zero-order valence-corrected chi connectivity index (χ0v) is 10.3. The molecule has 0 aromatic carbocycles. The maximum Gasteiger partial charge on any atom is 0.320 e. The Morgan fingerprint density at radius 2 is 2.17 bits per heavy atom. The van der Waals surface area contributed by atoms with E-state index in [2.05, 4.69) is 20.8 Å². The molecule has 0 fully saturated rings. The number of aromatic nitrogens is 2. The van der Waals surface area contributed by atoms with Crippen molar-refractivity contribution in [1.82, 2.24) is 15.5 Å². The third-order valence-electron chi connectivity index (χ3n) is 2.23. The van der Waals surface area contributed by atoms with Gasteiger partial charge < -0.3 is 10.4 Å². The number of carbonyl (C=O) groups is 2. The van der Waals surface area contributed by atoms with Crippen LogP contribution in [0.2, 0.25) is 0 Å². The van der Waals surface area contributed by atoms with E-state index in [1.165, 1.54) is 6.20 Å². The smallest absolute Gasteiger partial charge is 0.320 e. The molecule has 0 atom stereocenters. The van der Waals surface area contributed by atoms with Gasteiger partial charge in [0.1, 0.15) is 0 Å². The van der Waals surface area contributed by atoms with Crippen LogP contribution in [0.4, 0.5) is 10.6 Å². The molecule has 2 amide bonds. The largest absolute Gasteiger partial charge is 0.481 e. The maximum absolute atomic E-state index is 11.6. The maximum atomic E-state index is 11.6. The van der Waals surface area contributed by atoms with Crippen molar-refractivity contribution in [2.75, 3.05) is 5.32 Å². The lowest BCUT2D eigenvalue weighted by atomic mass is 9.99. The second-order valence-corrected chi connectivity index (χ2v) is 4.47. The van der Waals surface area contributed by atoms with Crippen molar-refractivity contribution < 1.29 is 14.7 Å². The van der Waals surface area contributed by atoms with Crippen LogP contribution in [0.15, 0.2) is 18.3 Å². The summed E-state index contributed by atoms with van der Waals surface area (Å²) >= 11 is 0. The summed E-state index contributed by atoms with van der Waals surface area (Å²) in [6.45, 7) is 3.51. The average Bonchev–Trinajstić information content (AvgIpc) is 2.27. The molecular formula is C11H16N4O3. The molecule has 18 heavy (non-hydrogen) atoms. The molecule has 0 radical (unpaired) electrons. The molecule has 1 heterocycles. The van der Waals surface area contributed by atoms with Crippen LogP contribution in [0, 0.1) is 0 Å². The average molecular weight is 252 g/mol. The Bertz CT molecular complexity index is 420. The van der Waals surface area contributed by atoms with Gasteiger partial charge in [-0.15, -0.1) is 5.10 Å². The molecule has 0 bridgehead atoms. The van der Waals surface area contributed by atoms with Crippen LogP contribution in [0.25, 0.3) is 0 Å². The van der Waals surface area contributed by atoms with Crippen molar-refractivity contribution in [2.45, 2.75) is 32.2 Å². The van der Waals surface area contributed by atoms with Gasteiger partial charge in [-0.25, -0.2) is 4.79 Å². The van der Waals surface area contributed by atoms with Gasteiger partial charge in [0.2, 0.25) is 0 Å². The van der Waals surface area contributed by atoms with Gasteiger partial charge >= 0.3 is 12.0 Å². The molecule has 0 aliphatic heterocycles. The van der Waals surface area contributed by atoms with Crippen LogP contribution >= 0.6 is 0 Å². The predicted octanol–water partition coefficient (Wildman–Crippen LogP) is 1.24. The van der Waals surface area contributed by atoms with Crippen molar-refractivity contribution in [3.63, 3.8) is 0 Å². The predicted molar refractivity (Wildman–Crippen MR) is 65.1 cm³/mol. The molecule has 7 heteroatoms. The number of nitrogens with one attached hydrogen (secondary N) is 2. The van der Waals surface area contributed by atoms with E-state index in [9.17, 15) is 9.59 Å². The van der Waals surface area contributed by atoms with Gasteiger partial charge in [0, 0.05) is 18.2 Å². The van der Waals surface area contributed by atoms with Gasteiger partial charge in [0.25, 0.3) is 0 Å². The van der Waals surface area contributed by atoms with E-state index in [1.54, 1.807) is 26.0 Å². The highest BCUT2D eigenvalue weighted by Crippen LogP contribution is 2.11. The number of hydrogen-bond acceptors (Lipinski definition) is 4. The van der Waals surface area contributed by atoms with Crippen LogP contribution in [0.1, 0.15) is 26.7 Å². The van der Waals surface area contributed by atoms with E-state index < -0.39 is 17.5 Å². The first-order chi connectivity index (χ1) is 8.39. The van der Waals surface area contributed by atoms with Crippen LogP contribution in [0.5, 0.6) is 0 Å². The fraction of sp³-hybridized carbons (Fsp3) is 0.455. The molecular weight excluding hydrogens is 236 g/mol. The molecule has 1 aromatic rings. The van der Waals surface area contributed by atoms with E-state index in [4.69, 9.17) is 5.11 Å². The van der Waals surface area contributed by atoms with Gasteiger partial charge in [0.05, 0.1) is 0 Å². The molecule has 0 aliphatic rings. The summed E-state index contributed by atoms with van der Waals surface area (Å²) in [5, 5.41) is 21.1. The summed E-state index contributed by atoms with van der Waals surface area (Å²) in [5.74, 6) is -0.553. The molecule has 0 unspecified atom stereocenters. The summed E-state index contributed by atoms with van der Waals surface area (Å²) in [6.07, 6.45) is 1.84. The number of hydrogen-bond donors (Lipinski definition) is 3. The number of carbonyl (C=O) groups excluding carboxylic acids is 1. The minimum absolute atomic E-state index is 0.00156. The summed E-state index contributed by atoms with van der Waals surface area (Å²) < 4.78 is 0. The number of urea groups is 1. The van der Waals surface area contributed by atoms with E-state index in [0.29, 0.717) is 12.2 Å². The molecule has 1 aromatic heterocycles. The monoisotopic (exact) mass is 252 g/mol. The Morgan fingerprint density at radius 3 is 2.72 bits per heavy atom. The third kappa shape index (κ3) is 5.24. The molecule has 7 nitrogen and oxygen atoms in total. The number of carboxylic acids is 1. The van der Waals surface area contributed by atoms with Crippen molar-refractivity contribution in [3.05, 3.63) is 18.3 Å². The number of carboxylic acid groups (broad SMARTS) is 1. The van der Waals surface area contributed by atoms with Gasteiger partial charge in [-0.2, -0.15) is 5.10 Å². The molecule has 98 valence electrons. The molecule has 0 saturated carbocycles. The lowest BCUT2D eigenvalue weighted by Crippen LogP contribution is -2.45. The highest BCUT2D eigenvalue weighted by Gasteiger charge is 2.21. The van der Waals surface area contributed by atoms with Gasteiger partial charge in [-0.1, -0.05) is 0 Å². The first kappa shape index (κ1) is 13.9. The topological polar surface area (TPSA) is 104 Å². The van der Waals surface area contributed by atoms with Crippen molar-refractivity contribution in [3.8, 4) is 0 Å². The number of rotatable bonds is 5. The third-order valence-corrected chi connectivity index (χ3v) is 2.23. The summed E-state index contributed by atoms with van der Waals surface area (Å²) in [7, 11) is 0. The lowest BCUT2D eigenvalue weighted by molar-refractivity contribution is -0.137. The Balaban J connectivity index is 2.46. The van der Waals surface area contributed by atoms with Crippen molar-refractivity contribution in [1.29, 1.82) is 0 Å². The summed E-state index contributed by atoms with van der Waals surface area (Å²) in [6, 6.07) is 2.82. The minimum Gasteiger partial charge on any atom is -0.481 e. The first-order valence-electron chi connectivity index (χ1n) is 5.48. The highest BCUT2D eigenvalue weighted by atomic mass is 16.4. The number of amides is 2. The first-order valence-corrected chi connectivity index (χ1v) is 5.48. The fourth-order valence-corrected chi connectivity index (χ4v) is 1.31. The second-order valence-electron chi connectivity index (χ2n) is 4.47. The Hall–Kier alpha value is -2.18. The molecule has 3 N–H and O–H groups in total. The Labute approximate surface area is 105 Å². The SMILES string of the molecule is CC(C)(CCC(=O)O)NC(=O)Nc1cccnn1. The standard InChI is InChI=1S/C11H16N4O3/c1-11(2,6-5-9(16)17)14-10(18)13-8-4-3-7-12-15-8/h3-4,7H,5-6H2,1-2H3,(H,16,17)(H2,13,14,15,18). The zero-order valence-electron chi connectivity index (χ0n) is 10.3. The number of anilines is 1. The van der Waals surface area contributed by atoms with Crippen LogP contribution < -0.4 is 10.6 Å². The zero-order chi connectivity index (χ0) is 13.6. The van der Waals surface area contributed by atoms with Crippen molar-refractivity contribution >= 4 is 17.8 Å². The number of aliphatic carboxylic acids is 1. The molecule has 1 rings (SSSR count). The van der Waals surface area contributed by atoms with Gasteiger partial charge in [0.15, 0.2) is 5.82 Å². The Kier molecular flexibility index (Phi) is 4.59. The van der Waals surface area contributed by atoms with E-state index in [1.807, 2.05) is 0 Å². The van der Waals surface area contributed by atoms with Crippen LogP contribution in [-0.4, -0.2) is 32.8 Å². The quantitative estimate of drug-likeness (QED) is 0.731. The summed E-state index contributed by atoms with van der Waals surface area (Å²) in [4.78, 5) is 22.1. The van der Waals surface area contributed by atoms with Crippen LogP contribution in [-0.2, 0) is 4.79 Å². The highest BCUT2D eigenvalue weighted by molar-refractivity contribution is 5.88. The van der Waals surface area contributed by atoms with Gasteiger partial charge in [-0.3, -0.25) is 10.1 Å². The van der Waals surface area contributed by atoms with E-state index >= 15 is 0 Å². The number of nitrogens with zero attached hydrogens (tertiary/aromatic N) is 2. The Morgan fingerprint density at radius 1 is 1.44 bits per heavy atom. The van der Waals surface area contributed by atoms with E-state index in [-0.39, 0.29) is 6.42 Å². The van der Waals surface area contributed by atoms with Gasteiger partial charge in [-0.05, 0) is 32.4 Å². The van der Waals surface area contributed by atoms with Crippen LogP contribution in [0.3, 0.4) is 0 Å². The van der Waals surface area contributed by atoms with Crippen molar-refractivity contribution in [2.24, 2.45) is 0 Å². The lowest BCUT2D eigenvalue weighted by Gasteiger charge is -2.25. The second kappa shape index (κ2) is 5.95. The molecule has 0 saturated heterocycles.